The van der Waals surface area contributed by atoms with Crippen molar-refractivity contribution in [3.05, 3.63) is 35.6 Å². The minimum absolute atomic E-state index is 0.0359. The molecule has 0 saturated heterocycles. The number of hydrogen-bond donors (Lipinski definition) is 2. The highest BCUT2D eigenvalue weighted by atomic mass is 19.1. The zero-order valence-electron chi connectivity index (χ0n) is 8.75. The van der Waals surface area contributed by atoms with Gasteiger partial charge in [-0.25, -0.2) is 4.39 Å². The highest BCUT2D eigenvalue weighted by Gasteiger charge is 2.17. The van der Waals surface area contributed by atoms with Crippen LogP contribution in [0.3, 0.4) is 0 Å². The van der Waals surface area contributed by atoms with E-state index in [4.69, 9.17) is 5.73 Å². The minimum atomic E-state index is -0.210. The van der Waals surface area contributed by atoms with E-state index in [1.54, 1.807) is 12.1 Å². The minimum Gasteiger partial charge on any atom is -0.323 e. The van der Waals surface area contributed by atoms with Crippen LogP contribution in [0.2, 0.25) is 0 Å². The van der Waals surface area contributed by atoms with Gasteiger partial charge < -0.3 is 11.1 Å². The average molecular weight is 208 g/mol. The summed E-state index contributed by atoms with van der Waals surface area (Å²) < 4.78 is 12.7. The molecule has 1 atom stereocenters. The summed E-state index contributed by atoms with van der Waals surface area (Å²) in [6.07, 6.45) is 3.84. The summed E-state index contributed by atoms with van der Waals surface area (Å²) in [5, 5.41) is 3.41. The van der Waals surface area contributed by atoms with Crippen molar-refractivity contribution in [2.45, 2.75) is 31.3 Å². The van der Waals surface area contributed by atoms with Crippen molar-refractivity contribution in [2.24, 2.45) is 5.73 Å². The fourth-order valence-corrected chi connectivity index (χ4v) is 1.73. The number of nitrogens with one attached hydrogen (secondary N) is 1. The van der Waals surface area contributed by atoms with E-state index in [1.165, 1.54) is 31.4 Å². The molecule has 3 heteroatoms. The Kier molecular flexibility index (Phi) is 3.34. The van der Waals surface area contributed by atoms with Crippen LogP contribution in [-0.2, 0) is 0 Å². The summed E-state index contributed by atoms with van der Waals surface area (Å²) in [5.41, 5.74) is 6.98. The second-order valence-corrected chi connectivity index (χ2v) is 4.19. The maximum atomic E-state index is 12.7. The Morgan fingerprint density at radius 3 is 2.53 bits per heavy atom. The third-order valence-electron chi connectivity index (χ3n) is 3.03. The van der Waals surface area contributed by atoms with Crippen molar-refractivity contribution in [2.75, 3.05) is 6.54 Å². The number of benzene rings is 1. The summed E-state index contributed by atoms with van der Waals surface area (Å²) in [6.45, 7) is 0.774. The van der Waals surface area contributed by atoms with Crippen molar-refractivity contribution in [1.29, 1.82) is 0 Å². The third-order valence-corrected chi connectivity index (χ3v) is 3.03. The first-order chi connectivity index (χ1) is 7.25. The summed E-state index contributed by atoms with van der Waals surface area (Å²) >= 11 is 0. The molecule has 0 heterocycles. The molecule has 1 aromatic carbocycles. The number of nitrogens with two attached hydrogens (primary N) is 1. The van der Waals surface area contributed by atoms with Gasteiger partial charge in [0.25, 0.3) is 0 Å². The van der Waals surface area contributed by atoms with Crippen LogP contribution in [0.25, 0.3) is 0 Å². The second kappa shape index (κ2) is 4.73. The normalized spacial score (nSPS) is 18.5. The first kappa shape index (κ1) is 10.6. The lowest BCUT2D eigenvalue weighted by molar-refractivity contribution is 0.332. The Balaban J connectivity index is 1.83. The Morgan fingerprint density at radius 1 is 1.33 bits per heavy atom. The van der Waals surface area contributed by atoms with Crippen LogP contribution in [0.5, 0.6) is 0 Å². The van der Waals surface area contributed by atoms with Gasteiger partial charge in [0.2, 0.25) is 0 Å². The topological polar surface area (TPSA) is 38.0 Å². The van der Waals surface area contributed by atoms with Crippen LogP contribution >= 0.6 is 0 Å². The second-order valence-electron chi connectivity index (χ2n) is 4.19. The van der Waals surface area contributed by atoms with Gasteiger partial charge in [-0.3, -0.25) is 0 Å². The van der Waals surface area contributed by atoms with E-state index in [1.807, 2.05) is 0 Å². The highest BCUT2D eigenvalue weighted by molar-refractivity contribution is 5.19. The molecule has 82 valence electrons. The lowest BCUT2D eigenvalue weighted by Crippen LogP contribution is -2.39. The molecule has 0 bridgehead atoms. The summed E-state index contributed by atoms with van der Waals surface area (Å²) in [4.78, 5) is 0. The molecule has 3 N–H and O–H groups in total. The number of halogens is 1. The molecule has 0 amide bonds. The SMILES string of the molecule is NC(CNC1CCC1)c1ccc(F)cc1. The summed E-state index contributed by atoms with van der Waals surface area (Å²) in [7, 11) is 0. The van der Waals surface area contributed by atoms with E-state index >= 15 is 0 Å². The van der Waals surface area contributed by atoms with E-state index in [0.717, 1.165) is 12.1 Å². The van der Waals surface area contributed by atoms with Gasteiger partial charge in [-0.15, -0.1) is 0 Å². The molecular weight excluding hydrogens is 191 g/mol. The monoisotopic (exact) mass is 208 g/mol. The van der Waals surface area contributed by atoms with E-state index in [0.29, 0.717) is 6.04 Å². The van der Waals surface area contributed by atoms with Crippen LogP contribution in [0, 0.1) is 5.82 Å². The van der Waals surface area contributed by atoms with Gasteiger partial charge >= 0.3 is 0 Å². The molecule has 1 aliphatic carbocycles. The molecular formula is C12H17FN2. The van der Waals surface area contributed by atoms with Gasteiger partial charge in [0.15, 0.2) is 0 Å². The molecule has 15 heavy (non-hydrogen) atoms. The van der Waals surface area contributed by atoms with Crippen LogP contribution < -0.4 is 11.1 Å². The lowest BCUT2D eigenvalue weighted by Gasteiger charge is -2.28. The van der Waals surface area contributed by atoms with E-state index in [9.17, 15) is 4.39 Å². The van der Waals surface area contributed by atoms with Crippen LogP contribution in [0.1, 0.15) is 30.9 Å². The van der Waals surface area contributed by atoms with Crippen LogP contribution in [0.4, 0.5) is 4.39 Å². The first-order valence-electron chi connectivity index (χ1n) is 5.50. The fraction of sp³-hybridized carbons (Fsp3) is 0.500. The van der Waals surface area contributed by atoms with Crippen LogP contribution in [-0.4, -0.2) is 12.6 Å². The third kappa shape index (κ3) is 2.76. The molecule has 1 aliphatic rings. The molecule has 1 aromatic rings. The molecule has 0 aromatic heterocycles. The molecule has 0 aliphatic heterocycles. The number of rotatable bonds is 4. The highest BCUT2D eigenvalue weighted by Crippen LogP contribution is 2.19. The first-order valence-corrected chi connectivity index (χ1v) is 5.50. The molecule has 2 rings (SSSR count). The quantitative estimate of drug-likeness (QED) is 0.794. The molecule has 0 radical (unpaired) electrons. The summed E-state index contributed by atoms with van der Waals surface area (Å²) in [6, 6.07) is 7.03. The fourth-order valence-electron chi connectivity index (χ4n) is 1.73. The van der Waals surface area contributed by atoms with E-state index in [2.05, 4.69) is 5.32 Å². The predicted octanol–water partition coefficient (Wildman–Crippen LogP) is 1.97. The smallest absolute Gasteiger partial charge is 0.123 e. The predicted molar refractivity (Wildman–Crippen MR) is 59.0 cm³/mol. The van der Waals surface area contributed by atoms with Crippen molar-refractivity contribution in [3.63, 3.8) is 0 Å². The Bertz CT molecular complexity index is 306. The van der Waals surface area contributed by atoms with Crippen molar-refractivity contribution >= 4 is 0 Å². The molecule has 1 fully saturated rings. The standard InChI is InChI=1S/C12H17FN2/c13-10-6-4-9(5-7-10)12(14)8-15-11-2-1-3-11/h4-7,11-12,15H,1-3,8,14H2. The molecule has 1 saturated carbocycles. The maximum absolute atomic E-state index is 12.7. The zero-order chi connectivity index (χ0) is 10.7. The van der Waals surface area contributed by atoms with Gasteiger partial charge in [-0.1, -0.05) is 18.6 Å². The van der Waals surface area contributed by atoms with Gasteiger partial charge in [0, 0.05) is 18.6 Å². The van der Waals surface area contributed by atoms with Crippen molar-refractivity contribution < 1.29 is 4.39 Å². The van der Waals surface area contributed by atoms with Crippen LogP contribution in [0.15, 0.2) is 24.3 Å². The van der Waals surface area contributed by atoms with E-state index < -0.39 is 0 Å². The van der Waals surface area contributed by atoms with Gasteiger partial charge in [0.1, 0.15) is 5.82 Å². The molecule has 2 nitrogen and oxygen atoms in total. The Labute approximate surface area is 89.7 Å². The number of hydrogen-bond acceptors (Lipinski definition) is 2. The van der Waals surface area contributed by atoms with Crippen molar-refractivity contribution in [1.82, 2.24) is 5.32 Å². The van der Waals surface area contributed by atoms with Gasteiger partial charge in [-0.05, 0) is 30.5 Å². The maximum Gasteiger partial charge on any atom is 0.123 e. The Hall–Kier alpha value is -0.930. The summed E-state index contributed by atoms with van der Waals surface area (Å²) in [5.74, 6) is -0.210. The van der Waals surface area contributed by atoms with Gasteiger partial charge in [0.05, 0.1) is 0 Å². The Morgan fingerprint density at radius 2 is 2.00 bits per heavy atom. The van der Waals surface area contributed by atoms with Crippen molar-refractivity contribution in [3.8, 4) is 0 Å². The molecule has 0 spiro atoms. The zero-order valence-corrected chi connectivity index (χ0v) is 8.75. The largest absolute Gasteiger partial charge is 0.323 e. The average Bonchev–Trinajstić information content (AvgIpc) is 2.16. The molecule has 1 unspecified atom stereocenters. The lowest BCUT2D eigenvalue weighted by atomic mass is 9.93. The van der Waals surface area contributed by atoms with Gasteiger partial charge in [-0.2, -0.15) is 0 Å². The van der Waals surface area contributed by atoms with E-state index in [-0.39, 0.29) is 11.9 Å².